The standard InChI is InChI=1S/C18H26O/c1-14-12-17(10-11-18(14)13-15(2)19)9-8-16-6-4-3-5-7-16/h10-11,14,16-18H,3-7,12-13H2,1-2H3/t14-,17?,18?/m0/s1. The van der Waals surface area contributed by atoms with Gasteiger partial charge in [0, 0.05) is 18.3 Å². The highest BCUT2D eigenvalue weighted by Gasteiger charge is 2.23. The van der Waals surface area contributed by atoms with Crippen LogP contribution in [0.3, 0.4) is 0 Å². The summed E-state index contributed by atoms with van der Waals surface area (Å²) in [6.07, 6.45) is 13.0. The van der Waals surface area contributed by atoms with E-state index in [1.165, 1.54) is 32.1 Å². The zero-order chi connectivity index (χ0) is 13.7. The van der Waals surface area contributed by atoms with Crippen LogP contribution in [-0.4, -0.2) is 5.78 Å². The van der Waals surface area contributed by atoms with E-state index in [0.717, 1.165) is 6.42 Å². The Balaban J connectivity index is 1.89. The van der Waals surface area contributed by atoms with E-state index < -0.39 is 0 Å². The maximum atomic E-state index is 11.2. The normalized spacial score (nSPS) is 31.6. The van der Waals surface area contributed by atoms with Crippen molar-refractivity contribution in [3.05, 3.63) is 12.2 Å². The van der Waals surface area contributed by atoms with Crippen molar-refractivity contribution >= 4 is 5.78 Å². The number of ketones is 1. The second-order valence-corrected chi connectivity index (χ2v) is 6.40. The summed E-state index contributed by atoms with van der Waals surface area (Å²) in [7, 11) is 0. The highest BCUT2D eigenvalue weighted by molar-refractivity contribution is 5.76. The van der Waals surface area contributed by atoms with Crippen LogP contribution in [0.2, 0.25) is 0 Å². The van der Waals surface area contributed by atoms with Gasteiger partial charge in [-0.3, -0.25) is 0 Å². The molecule has 2 aliphatic carbocycles. The molecule has 0 bridgehead atoms. The fourth-order valence-corrected chi connectivity index (χ4v) is 3.30. The SMILES string of the molecule is CC(=O)CC1C=CC(C#CC2CCCCC2)C[C@@H]1C. The molecule has 0 N–H and O–H groups in total. The quantitative estimate of drug-likeness (QED) is 0.530. The van der Waals surface area contributed by atoms with Crippen LogP contribution in [0, 0.1) is 35.5 Å². The Morgan fingerprint density at radius 1 is 1.16 bits per heavy atom. The van der Waals surface area contributed by atoms with Crippen LogP contribution in [0.25, 0.3) is 0 Å². The molecule has 0 heterocycles. The fraction of sp³-hybridized carbons (Fsp3) is 0.722. The zero-order valence-corrected chi connectivity index (χ0v) is 12.3. The van der Waals surface area contributed by atoms with E-state index in [1.54, 1.807) is 6.92 Å². The fourth-order valence-electron chi connectivity index (χ4n) is 3.30. The van der Waals surface area contributed by atoms with Gasteiger partial charge in [-0.1, -0.05) is 50.2 Å². The summed E-state index contributed by atoms with van der Waals surface area (Å²) in [4.78, 5) is 11.2. The molecule has 104 valence electrons. The molecule has 0 aromatic carbocycles. The van der Waals surface area contributed by atoms with E-state index in [-0.39, 0.29) is 0 Å². The van der Waals surface area contributed by atoms with Gasteiger partial charge in [-0.25, -0.2) is 0 Å². The average Bonchev–Trinajstić information content (AvgIpc) is 2.40. The van der Waals surface area contributed by atoms with Gasteiger partial charge in [0.15, 0.2) is 0 Å². The van der Waals surface area contributed by atoms with E-state index in [9.17, 15) is 4.79 Å². The average molecular weight is 258 g/mol. The minimum Gasteiger partial charge on any atom is -0.300 e. The molecule has 2 aliphatic rings. The third kappa shape index (κ3) is 4.53. The summed E-state index contributed by atoms with van der Waals surface area (Å²) in [6, 6.07) is 0. The van der Waals surface area contributed by atoms with Crippen LogP contribution in [0.4, 0.5) is 0 Å². The number of carbonyl (C=O) groups is 1. The number of rotatable bonds is 2. The highest BCUT2D eigenvalue weighted by atomic mass is 16.1. The Hall–Kier alpha value is -1.03. The second-order valence-electron chi connectivity index (χ2n) is 6.40. The van der Waals surface area contributed by atoms with Gasteiger partial charge in [-0.05, 0) is 38.0 Å². The molecule has 1 fully saturated rings. The van der Waals surface area contributed by atoms with Crippen molar-refractivity contribution in [1.82, 2.24) is 0 Å². The van der Waals surface area contributed by atoms with Crippen molar-refractivity contribution in [2.75, 3.05) is 0 Å². The predicted molar refractivity (Wildman–Crippen MR) is 79.6 cm³/mol. The first kappa shape index (κ1) is 14.4. The van der Waals surface area contributed by atoms with E-state index in [4.69, 9.17) is 0 Å². The van der Waals surface area contributed by atoms with Gasteiger partial charge in [0.2, 0.25) is 0 Å². The van der Waals surface area contributed by atoms with E-state index in [2.05, 4.69) is 30.9 Å². The molecule has 0 amide bonds. The Bertz CT molecular complexity index is 390. The van der Waals surface area contributed by atoms with Gasteiger partial charge in [-0.15, -0.1) is 0 Å². The Kier molecular flexibility index (Phi) is 5.25. The minimum absolute atomic E-state index is 0.299. The van der Waals surface area contributed by atoms with Crippen molar-refractivity contribution in [3.8, 4) is 11.8 Å². The molecule has 0 radical (unpaired) electrons. The molecular formula is C18H26O. The van der Waals surface area contributed by atoms with Crippen molar-refractivity contribution in [3.63, 3.8) is 0 Å². The first-order valence-corrected chi connectivity index (χ1v) is 7.84. The Morgan fingerprint density at radius 3 is 2.53 bits per heavy atom. The second kappa shape index (κ2) is 6.94. The molecule has 1 saturated carbocycles. The zero-order valence-electron chi connectivity index (χ0n) is 12.3. The summed E-state index contributed by atoms with van der Waals surface area (Å²) in [5.41, 5.74) is 0. The molecule has 19 heavy (non-hydrogen) atoms. The van der Waals surface area contributed by atoms with E-state index in [0.29, 0.717) is 35.9 Å². The van der Waals surface area contributed by atoms with Crippen LogP contribution < -0.4 is 0 Å². The van der Waals surface area contributed by atoms with Crippen molar-refractivity contribution in [1.29, 1.82) is 0 Å². The molecule has 2 rings (SSSR count). The lowest BCUT2D eigenvalue weighted by Crippen LogP contribution is -2.19. The number of hydrogen-bond donors (Lipinski definition) is 0. The summed E-state index contributed by atoms with van der Waals surface area (Å²) in [6.45, 7) is 3.95. The number of carbonyl (C=O) groups excluding carboxylic acids is 1. The van der Waals surface area contributed by atoms with Gasteiger partial charge >= 0.3 is 0 Å². The largest absolute Gasteiger partial charge is 0.300 e. The topological polar surface area (TPSA) is 17.1 Å². The van der Waals surface area contributed by atoms with Gasteiger partial charge in [0.1, 0.15) is 5.78 Å². The van der Waals surface area contributed by atoms with Crippen LogP contribution in [0.15, 0.2) is 12.2 Å². The first-order valence-electron chi connectivity index (χ1n) is 7.84. The highest BCUT2D eigenvalue weighted by Crippen LogP contribution is 2.30. The smallest absolute Gasteiger partial charge is 0.130 e. The number of allylic oxidation sites excluding steroid dienone is 2. The van der Waals surface area contributed by atoms with Gasteiger partial charge < -0.3 is 4.79 Å². The molecular weight excluding hydrogens is 232 g/mol. The molecule has 1 heteroatoms. The predicted octanol–water partition coefficient (Wildman–Crippen LogP) is 4.38. The molecule has 0 aromatic heterocycles. The Morgan fingerprint density at radius 2 is 1.89 bits per heavy atom. The Labute approximate surface area is 117 Å². The van der Waals surface area contributed by atoms with Gasteiger partial charge in [0.05, 0.1) is 0 Å². The molecule has 2 unspecified atom stereocenters. The van der Waals surface area contributed by atoms with Crippen LogP contribution in [-0.2, 0) is 4.79 Å². The minimum atomic E-state index is 0.299. The maximum Gasteiger partial charge on any atom is 0.130 e. The lowest BCUT2D eigenvalue weighted by Gasteiger charge is -2.26. The maximum absolute atomic E-state index is 11.2. The monoisotopic (exact) mass is 258 g/mol. The van der Waals surface area contributed by atoms with Crippen LogP contribution in [0.5, 0.6) is 0 Å². The molecule has 3 atom stereocenters. The first-order chi connectivity index (χ1) is 9.15. The molecule has 1 nitrogen and oxygen atoms in total. The lowest BCUT2D eigenvalue weighted by atomic mass is 9.78. The summed E-state index contributed by atoms with van der Waals surface area (Å²) in [5.74, 6) is 9.35. The molecule has 0 aromatic rings. The van der Waals surface area contributed by atoms with Crippen molar-refractivity contribution < 1.29 is 4.79 Å². The third-order valence-electron chi connectivity index (χ3n) is 4.55. The van der Waals surface area contributed by atoms with E-state index in [1.807, 2.05) is 0 Å². The van der Waals surface area contributed by atoms with Crippen molar-refractivity contribution in [2.24, 2.45) is 23.7 Å². The summed E-state index contributed by atoms with van der Waals surface area (Å²) >= 11 is 0. The molecule has 0 aliphatic heterocycles. The molecule has 0 spiro atoms. The van der Waals surface area contributed by atoms with Crippen LogP contribution in [0.1, 0.15) is 58.8 Å². The number of hydrogen-bond acceptors (Lipinski definition) is 1. The van der Waals surface area contributed by atoms with Gasteiger partial charge in [0.25, 0.3) is 0 Å². The lowest BCUT2D eigenvalue weighted by molar-refractivity contribution is -0.117. The van der Waals surface area contributed by atoms with Gasteiger partial charge in [-0.2, -0.15) is 0 Å². The molecule has 0 saturated heterocycles. The van der Waals surface area contributed by atoms with E-state index >= 15 is 0 Å². The van der Waals surface area contributed by atoms with Crippen molar-refractivity contribution in [2.45, 2.75) is 58.8 Å². The summed E-state index contributed by atoms with van der Waals surface area (Å²) in [5, 5.41) is 0. The summed E-state index contributed by atoms with van der Waals surface area (Å²) < 4.78 is 0. The number of Topliss-reactive ketones (excluding diaryl/α,β-unsaturated/α-hetero) is 1. The van der Waals surface area contributed by atoms with Crippen LogP contribution >= 0.6 is 0 Å². The third-order valence-corrected chi connectivity index (χ3v) is 4.55.